The van der Waals surface area contributed by atoms with Gasteiger partial charge in [0.2, 0.25) is 0 Å². The summed E-state index contributed by atoms with van der Waals surface area (Å²) in [7, 11) is 1.41. The Morgan fingerprint density at radius 3 is 1.79 bits per heavy atom. The molecule has 0 unspecified atom stereocenters. The monoisotopic (exact) mass is 271 g/mol. The van der Waals surface area contributed by atoms with E-state index in [2.05, 4.69) is 11.7 Å². The Kier molecular flexibility index (Phi) is 13.5. The predicted molar refractivity (Wildman–Crippen MR) is 82.3 cm³/mol. The van der Waals surface area contributed by atoms with Crippen LogP contribution in [-0.2, 0) is 9.53 Å². The smallest absolute Gasteiger partial charge is 0.305 e. The van der Waals surface area contributed by atoms with Crippen LogP contribution in [0.25, 0.3) is 0 Å². The fraction of sp³-hybridized carbons (Fsp3) is 0.941. The van der Waals surface area contributed by atoms with Crippen molar-refractivity contribution < 1.29 is 10.9 Å². The van der Waals surface area contributed by atoms with E-state index in [1.165, 1.54) is 64.9 Å². The van der Waals surface area contributed by atoms with Gasteiger partial charge in [-0.2, -0.15) is 0 Å². The normalized spacial score (nSPS) is 13.1. The lowest BCUT2D eigenvalue weighted by atomic mass is 10.0. The van der Waals surface area contributed by atoms with Gasteiger partial charge in [0.25, 0.3) is 0 Å². The van der Waals surface area contributed by atoms with E-state index in [1.807, 2.05) is 0 Å². The molecule has 0 amide bonds. The average molecular weight is 271 g/mol. The molecule has 0 N–H and O–H groups in total. The standard InChI is InChI=1S/C17H34O2/c1-3-4-5-6-7-8-9-10-11-12-13-14-15-16-17(18)19-2/h3-16H2,1-2H3/i14D/t14-/m1/s1. The molecule has 0 rings (SSSR count). The van der Waals surface area contributed by atoms with Crippen LogP contribution >= 0.6 is 0 Å². The first-order valence-corrected chi connectivity index (χ1v) is 8.19. The Morgan fingerprint density at radius 2 is 1.32 bits per heavy atom. The predicted octanol–water partition coefficient (Wildman–Crippen LogP) is 5.64. The van der Waals surface area contributed by atoms with Gasteiger partial charge in [-0.3, -0.25) is 4.79 Å². The lowest BCUT2D eigenvalue weighted by Crippen LogP contribution is -1.99. The van der Waals surface area contributed by atoms with Crippen molar-refractivity contribution in [1.29, 1.82) is 0 Å². The van der Waals surface area contributed by atoms with Gasteiger partial charge < -0.3 is 4.74 Å². The van der Waals surface area contributed by atoms with Crippen molar-refractivity contribution >= 4 is 5.97 Å². The number of unbranched alkanes of at least 4 members (excludes halogenated alkanes) is 9. The molecular formula is C17H34O2. The zero-order valence-corrected chi connectivity index (χ0v) is 13.1. The third kappa shape index (κ3) is 15.4. The first-order valence-electron chi connectivity index (χ1n) is 8.77. The van der Waals surface area contributed by atoms with E-state index in [4.69, 9.17) is 1.37 Å². The number of ether oxygens (including phenoxy) is 1. The molecule has 0 aromatic rings. The van der Waals surface area contributed by atoms with Crippen LogP contribution in [0.1, 0.15) is 98.2 Å². The molecule has 0 heterocycles. The highest BCUT2D eigenvalue weighted by atomic mass is 16.5. The Labute approximate surface area is 121 Å². The number of hydrogen-bond donors (Lipinski definition) is 0. The van der Waals surface area contributed by atoms with E-state index in [9.17, 15) is 4.79 Å². The maximum Gasteiger partial charge on any atom is 0.305 e. The van der Waals surface area contributed by atoms with Crippen LogP contribution in [0.4, 0.5) is 0 Å². The summed E-state index contributed by atoms with van der Waals surface area (Å²) < 4.78 is 12.4. The molecule has 0 spiro atoms. The Bertz CT molecular complexity index is 219. The number of methoxy groups -OCH3 is 1. The van der Waals surface area contributed by atoms with E-state index in [0.29, 0.717) is 12.8 Å². The maximum atomic E-state index is 11.0. The van der Waals surface area contributed by atoms with Gasteiger partial charge in [0.1, 0.15) is 0 Å². The minimum atomic E-state index is -0.190. The average Bonchev–Trinajstić information content (AvgIpc) is 2.46. The van der Waals surface area contributed by atoms with Crippen LogP contribution in [0.15, 0.2) is 0 Å². The molecule has 114 valence electrons. The van der Waals surface area contributed by atoms with Crippen molar-refractivity contribution in [2.75, 3.05) is 7.11 Å². The third-order valence-electron chi connectivity index (χ3n) is 3.54. The first-order chi connectivity index (χ1) is 9.70. The van der Waals surface area contributed by atoms with Gasteiger partial charge in [-0.15, -0.1) is 0 Å². The maximum absolute atomic E-state index is 11.0. The number of rotatable bonds is 14. The molecule has 2 nitrogen and oxygen atoms in total. The number of carbonyl (C=O) groups is 1. The molecule has 19 heavy (non-hydrogen) atoms. The SMILES string of the molecule is [2H][C@H](CCCCCCCCCCCC)CCC(=O)OC. The highest BCUT2D eigenvalue weighted by Gasteiger charge is 1.99. The van der Waals surface area contributed by atoms with Gasteiger partial charge in [0.15, 0.2) is 0 Å². The molecule has 0 aromatic carbocycles. The minimum Gasteiger partial charge on any atom is -0.469 e. The summed E-state index contributed by atoms with van der Waals surface area (Å²) in [5, 5.41) is 0. The van der Waals surface area contributed by atoms with Crippen LogP contribution in [-0.4, -0.2) is 13.1 Å². The quantitative estimate of drug-likeness (QED) is 0.302. The van der Waals surface area contributed by atoms with Crippen molar-refractivity contribution in [3.63, 3.8) is 0 Å². The minimum absolute atomic E-state index is 0.0943. The summed E-state index contributed by atoms with van der Waals surface area (Å²) in [5.74, 6) is -0.190. The molecule has 0 aliphatic rings. The molecule has 0 saturated heterocycles. The van der Waals surface area contributed by atoms with Crippen molar-refractivity contribution in [2.45, 2.75) is 96.8 Å². The Balaban J connectivity index is 3.17. The molecule has 0 radical (unpaired) electrons. The van der Waals surface area contributed by atoms with Crippen LogP contribution in [0, 0.1) is 0 Å². The largest absolute Gasteiger partial charge is 0.469 e. The molecule has 0 aromatic heterocycles. The summed E-state index contributed by atoms with van der Waals surface area (Å²) in [6.07, 6.45) is 15.1. The Morgan fingerprint density at radius 1 is 0.842 bits per heavy atom. The second-order valence-corrected chi connectivity index (χ2v) is 5.37. The summed E-state index contributed by atoms with van der Waals surface area (Å²) >= 11 is 0. The van der Waals surface area contributed by atoms with Gasteiger partial charge in [-0.25, -0.2) is 0 Å². The number of carbonyl (C=O) groups excluding carboxylic acids is 1. The fourth-order valence-corrected chi connectivity index (χ4v) is 2.24. The lowest BCUT2D eigenvalue weighted by Gasteiger charge is -2.03. The van der Waals surface area contributed by atoms with E-state index in [1.54, 1.807) is 0 Å². The summed E-state index contributed by atoms with van der Waals surface area (Å²) in [5.41, 5.74) is 0. The number of esters is 1. The van der Waals surface area contributed by atoms with E-state index >= 15 is 0 Å². The van der Waals surface area contributed by atoms with Gasteiger partial charge in [-0.05, 0) is 6.42 Å². The van der Waals surface area contributed by atoms with Crippen LogP contribution < -0.4 is 0 Å². The molecular weight excluding hydrogens is 236 g/mol. The van der Waals surface area contributed by atoms with Gasteiger partial charge >= 0.3 is 5.97 Å². The van der Waals surface area contributed by atoms with Gasteiger partial charge in [0.05, 0.1) is 7.11 Å². The molecule has 0 saturated carbocycles. The second-order valence-electron chi connectivity index (χ2n) is 5.37. The van der Waals surface area contributed by atoms with Crippen LogP contribution in [0.5, 0.6) is 0 Å². The van der Waals surface area contributed by atoms with Gasteiger partial charge in [-0.1, -0.05) is 83.9 Å². The molecule has 0 bridgehead atoms. The van der Waals surface area contributed by atoms with Crippen molar-refractivity contribution in [1.82, 2.24) is 0 Å². The van der Waals surface area contributed by atoms with Crippen LogP contribution in [0.2, 0.25) is 0 Å². The molecule has 0 fully saturated rings. The summed E-state index contributed by atoms with van der Waals surface area (Å²) in [6.45, 7) is 2.25. The zero-order chi connectivity index (χ0) is 15.1. The van der Waals surface area contributed by atoms with Gasteiger partial charge in [0, 0.05) is 7.79 Å². The molecule has 0 aliphatic carbocycles. The van der Waals surface area contributed by atoms with E-state index in [-0.39, 0.29) is 12.4 Å². The van der Waals surface area contributed by atoms with E-state index < -0.39 is 0 Å². The highest BCUT2D eigenvalue weighted by Crippen LogP contribution is 2.12. The summed E-state index contributed by atoms with van der Waals surface area (Å²) in [4.78, 5) is 11.0. The van der Waals surface area contributed by atoms with Crippen molar-refractivity contribution in [3.8, 4) is 0 Å². The third-order valence-corrected chi connectivity index (χ3v) is 3.54. The fourth-order valence-electron chi connectivity index (χ4n) is 2.24. The topological polar surface area (TPSA) is 26.3 Å². The molecule has 2 heteroatoms. The highest BCUT2D eigenvalue weighted by molar-refractivity contribution is 5.68. The first kappa shape index (κ1) is 16.5. The molecule has 1 atom stereocenters. The zero-order valence-electron chi connectivity index (χ0n) is 14.1. The summed E-state index contributed by atoms with van der Waals surface area (Å²) in [6, 6.07) is 0. The Hall–Kier alpha value is -0.530. The molecule has 0 aliphatic heterocycles. The van der Waals surface area contributed by atoms with Crippen molar-refractivity contribution in [2.24, 2.45) is 0 Å². The van der Waals surface area contributed by atoms with E-state index in [0.717, 1.165) is 12.8 Å². The number of hydrogen-bond acceptors (Lipinski definition) is 2. The lowest BCUT2D eigenvalue weighted by molar-refractivity contribution is -0.140. The van der Waals surface area contributed by atoms with Crippen LogP contribution in [0.3, 0.4) is 0 Å². The van der Waals surface area contributed by atoms with Crippen molar-refractivity contribution in [3.05, 3.63) is 0 Å². The second kappa shape index (κ2) is 15.5.